The van der Waals surface area contributed by atoms with Crippen molar-refractivity contribution in [1.29, 1.82) is 0 Å². The van der Waals surface area contributed by atoms with Crippen molar-refractivity contribution in [3.63, 3.8) is 0 Å². The number of carbonyl (C=O) groups excluding carboxylic acids is 4. The summed E-state index contributed by atoms with van der Waals surface area (Å²) in [7, 11) is 0. The molecule has 1 aromatic carbocycles. The highest BCUT2D eigenvalue weighted by Gasteiger charge is 2.23. The first kappa shape index (κ1) is 53.1. The van der Waals surface area contributed by atoms with Crippen LogP contribution in [0.25, 0.3) is 6.08 Å². The number of ether oxygens (including phenoxy) is 4. The van der Waals surface area contributed by atoms with Gasteiger partial charge in [0.2, 0.25) is 0 Å². The predicted octanol–water partition coefficient (Wildman–Crippen LogP) is 4.39. The molecule has 1 aliphatic rings. The molecule has 0 spiro atoms. The van der Waals surface area contributed by atoms with Gasteiger partial charge in [0.1, 0.15) is 6.04 Å². The van der Waals surface area contributed by atoms with Gasteiger partial charge in [0.15, 0.2) is 0 Å². The Kier molecular flexibility index (Phi) is 30.5. The molecular weight excluding hydrogens is 759 g/mol. The number of carbonyl (C=O) groups is 5. The van der Waals surface area contributed by atoms with E-state index >= 15 is 0 Å². The fourth-order valence-corrected chi connectivity index (χ4v) is 5.57. The molecule has 2 rings (SSSR count). The van der Waals surface area contributed by atoms with Crippen LogP contribution in [0.15, 0.2) is 30.3 Å². The lowest BCUT2D eigenvalue weighted by Crippen LogP contribution is -2.49. The third-order valence-electron chi connectivity index (χ3n) is 9.48. The van der Waals surface area contributed by atoms with Crippen LogP contribution < -0.4 is 5.73 Å². The van der Waals surface area contributed by atoms with Crippen LogP contribution in [-0.4, -0.2) is 166 Å². The second kappa shape index (κ2) is 33.9. The maximum Gasteiger partial charge on any atom is 0.320 e. The Morgan fingerprint density at radius 3 is 1.12 bits per heavy atom. The van der Waals surface area contributed by atoms with Crippen LogP contribution in [0.2, 0.25) is 0 Å². The van der Waals surface area contributed by atoms with E-state index in [0.717, 1.165) is 56.9 Å². The number of carboxylic acid groups (broad SMARTS) is 1. The van der Waals surface area contributed by atoms with Gasteiger partial charge in [0, 0.05) is 52.4 Å². The summed E-state index contributed by atoms with van der Waals surface area (Å²) in [5.41, 5.74) is 7.61. The third kappa shape index (κ3) is 28.3. The number of nitrogens with two attached hydrogens (primary N) is 1. The van der Waals surface area contributed by atoms with E-state index in [9.17, 15) is 24.0 Å². The second-order valence-electron chi connectivity index (χ2n) is 14.9. The summed E-state index contributed by atoms with van der Waals surface area (Å²) >= 11 is 0. The van der Waals surface area contributed by atoms with Gasteiger partial charge in [-0.3, -0.25) is 43.6 Å². The molecule has 1 fully saturated rings. The number of rotatable bonds is 24. The van der Waals surface area contributed by atoms with Crippen LogP contribution in [-0.2, 0) is 42.9 Å². The van der Waals surface area contributed by atoms with Crippen molar-refractivity contribution in [3.05, 3.63) is 41.5 Å². The maximum absolute atomic E-state index is 12.6. The topological polar surface area (TPSA) is 181 Å². The third-order valence-corrected chi connectivity index (χ3v) is 9.48. The van der Waals surface area contributed by atoms with Gasteiger partial charge in [-0.2, -0.15) is 0 Å². The summed E-state index contributed by atoms with van der Waals surface area (Å²) in [5.74, 6) is -2.10. The van der Waals surface area contributed by atoms with Gasteiger partial charge < -0.3 is 29.8 Å². The summed E-state index contributed by atoms with van der Waals surface area (Å²) in [5, 5.41) is 8.56. The summed E-state index contributed by atoms with van der Waals surface area (Å²) in [4.78, 5) is 69.0. The lowest BCUT2D eigenvalue weighted by molar-refractivity contribution is -0.148. The second-order valence-corrected chi connectivity index (χ2v) is 14.9. The van der Waals surface area contributed by atoms with Crippen molar-refractivity contribution >= 4 is 35.9 Å². The highest BCUT2D eigenvalue weighted by atomic mass is 16.5. The van der Waals surface area contributed by atoms with Crippen molar-refractivity contribution in [2.24, 2.45) is 5.73 Å². The maximum atomic E-state index is 12.6. The number of benzene rings is 1. The number of carboxylic acids is 1. The average molecular weight is 834 g/mol. The van der Waals surface area contributed by atoms with Gasteiger partial charge in [-0.1, -0.05) is 95.4 Å². The normalized spacial score (nSPS) is 15.6. The predicted molar refractivity (Wildman–Crippen MR) is 230 cm³/mol. The highest BCUT2D eigenvalue weighted by molar-refractivity contribution is 5.74. The summed E-state index contributed by atoms with van der Waals surface area (Å²) in [6.07, 6.45) is 11.0. The Balaban J connectivity index is 0.000000966. The van der Waals surface area contributed by atoms with Crippen molar-refractivity contribution in [3.8, 4) is 0 Å². The smallest absolute Gasteiger partial charge is 0.320 e. The minimum absolute atomic E-state index is 0.128. The van der Waals surface area contributed by atoms with Gasteiger partial charge in [-0.25, -0.2) is 0 Å². The molecule has 0 bridgehead atoms. The molecular formula is C44H75N5O10. The molecule has 336 valence electrons. The first-order valence-electron chi connectivity index (χ1n) is 21.6. The van der Waals surface area contributed by atoms with Crippen molar-refractivity contribution in [1.82, 2.24) is 19.6 Å². The molecule has 0 saturated carbocycles. The summed E-state index contributed by atoms with van der Waals surface area (Å²) < 4.78 is 21.7. The number of hydrogen-bond donors (Lipinski definition) is 2. The van der Waals surface area contributed by atoms with Crippen molar-refractivity contribution < 1.29 is 48.0 Å². The lowest BCUT2D eigenvalue weighted by Gasteiger charge is -2.33. The molecule has 59 heavy (non-hydrogen) atoms. The molecule has 15 heteroatoms. The highest BCUT2D eigenvalue weighted by Crippen LogP contribution is 2.07. The zero-order valence-corrected chi connectivity index (χ0v) is 36.7. The van der Waals surface area contributed by atoms with Crippen molar-refractivity contribution in [2.75, 3.05) is 105 Å². The van der Waals surface area contributed by atoms with E-state index in [1.165, 1.54) is 5.56 Å². The van der Waals surface area contributed by atoms with Crippen molar-refractivity contribution in [2.45, 2.75) is 98.4 Å². The zero-order chi connectivity index (χ0) is 43.7. The molecule has 0 aromatic heterocycles. The van der Waals surface area contributed by atoms with Gasteiger partial charge >= 0.3 is 29.8 Å². The van der Waals surface area contributed by atoms with Crippen LogP contribution >= 0.6 is 0 Å². The molecule has 1 aliphatic heterocycles. The standard InChI is InChI=1S/C32H60N4O8.C12H15NO2/c1-5-9-21-41-29(37)25-33-13-15-34(26-30(38)42-22-10-6-2)17-19-36(28-32(40)44-24-12-8-4)20-18-35(16-14-33)27-31(39)43-23-11-7-3;1-9-5-7-10(8-6-9)3-2-4-11(13)12(14)15/h5-28H2,1-4H3;2-3,5-8,11H,4,13H2,1H3,(H,14,15)/b;3-2+. The Morgan fingerprint density at radius 2 is 0.864 bits per heavy atom. The number of unbranched alkanes of at least 4 members (excludes halogenated alkanes) is 4. The number of nitrogens with zero attached hydrogens (tertiary/aromatic N) is 4. The largest absolute Gasteiger partial charge is 0.480 e. The van der Waals surface area contributed by atoms with E-state index < -0.39 is 12.0 Å². The van der Waals surface area contributed by atoms with E-state index in [0.29, 0.717) is 85.2 Å². The molecule has 1 aromatic rings. The summed E-state index contributed by atoms with van der Waals surface area (Å²) in [6.45, 7) is 16.5. The fraction of sp³-hybridized carbons (Fsp3) is 0.705. The van der Waals surface area contributed by atoms with Gasteiger partial charge in [-0.05, 0) is 44.6 Å². The van der Waals surface area contributed by atoms with Crippen LogP contribution in [0.5, 0.6) is 0 Å². The van der Waals surface area contributed by atoms with Gasteiger partial charge in [-0.15, -0.1) is 0 Å². The SMILES string of the molecule is CCCCOC(=O)CN1CCN(CC(=O)OCCCC)CCN(CC(=O)OCCCC)CCN(CC(=O)OCCCC)CC1.Cc1ccc(/C=C/CC(N)C(=O)O)cc1. The Hall–Kier alpha value is -3.89. The molecule has 1 unspecified atom stereocenters. The Labute approximate surface area is 353 Å². The van der Waals surface area contributed by atoms with E-state index in [1.54, 1.807) is 6.08 Å². The van der Waals surface area contributed by atoms with E-state index in [1.807, 2.05) is 84.6 Å². The van der Waals surface area contributed by atoms with E-state index in [4.69, 9.17) is 29.8 Å². The molecule has 1 saturated heterocycles. The fourth-order valence-electron chi connectivity index (χ4n) is 5.57. The lowest BCUT2D eigenvalue weighted by atomic mass is 10.1. The summed E-state index contributed by atoms with van der Waals surface area (Å²) in [6, 6.07) is 7.18. The van der Waals surface area contributed by atoms with Crippen LogP contribution in [0.3, 0.4) is 0 Å². The number of aryl methyl sites for hydroxylation is 1. The minimum atomic E-state index is -0.969. The quantitative estimate of drug-likeness (QED) is 0.0850. The van der Waals surface area contributed by atoms with Crippen LogP contribution in [0, 0.1) is 6.92 Å². The number of esters is 4. The first-order chi connectivity index (χ1) is 28.4. The molecule has 15 nitrogen and oxygen atoms in total. The molecule has 3 N–H and O–H groups in total. The monoisotopic (exact) mass is 834 g/mol. The Bertz CT molecular complexity index is 1200. The first-order valence-corrected chi connectivity index (χ1v) is 21.6. The van der Waals surface area contributed by atoms with Crippen LogP contribution in [0.1, 0.15) is 96.6 Å². The van der Waals surface area contributed by atoms with Gasteiger partial charge in [0.25, 0.3) is 0 Å². The van der Waals surface area contributed by atoms with E-state index in [2.05, 4.69) is 0 Å². The number of hydrogen-bond acceptors (Lipinski definition) is 14. The molecule has 0 aliphatic carbocycles. The van der Waals surface area contributed by atoms with Gasteiger partial charge in [0.05, 0.1) is 52.6 Å². The Morgan fingerprint density at radius 1 is 0.576 bits per heavy atom. The van der Waals surface area contributed by atoms with E-state index in [-0.39, 0.29) is 50.1 Å². The molecule has 1 atom stereocenters. The molecule has 1 heterocycles. The molecule has 0 radical (unpaired) electrons. The van der Waals surface area contributed by atoms with Crippen LogP contribution in [0.4, 0.5) is 0 Å². The zero-order valence-electron chi connectivity index (χ0n) is 36.7. The number of aliphatic carboxylic acids is 1. The average Bonchev–Trinajstić information content (AvgIpc) is 3.20. The molecule has 0 amide bonds. The minimum Gasteiger partial charge on any atom is -0.480 e.